The number of benzene rings is 5. The topological polar surface area (TPSA) is 200 Å². The molecule has 63 heavy (non-hydrogen) atoms. The third-order valence-corrected chi connectivity index (χ3v) is 11.1. The van der Waals surface area contributed by atoms with Crippen molar-refractivity contribution in [3.05, 3.63) is 138 Å². The zero-order valence-electron chi connectivity index (χ0n) is 32.8. The maximum atomic E-state index is 13.5. The van der Waals surface area contributed by atoms with Gasteiger partial charge in [-0.05, 0) is 105 Å². The summed E-state index contributed by atoms with van der Waals surface area (Å²) in [6, 6.07) is 18.8. The Balaban J connectivity index is 1.28. The molecule has 0 aliphatic rings. The first kappa shape index (κ1) is 48.6. The molecule has 14 nitrogen and oxygen atoms in total. The van der Waals surface area contributed by atoms with Crippen LogP contribution in [0.2, 0.25) is 30.1 Å². The molecule has 0 aromatic heterocycles. The van der Waals surface area contributed by atoms with Crippen LogP contribution in [0.5, 0.6) is 0 Å². The summed E-state index contributed by atoms with van der Waals surface area (Å²) < 4.78 is 0. The Labute approximate surface area is 394 Å². The normalized spacial score (nSPS) is 12.7. The van der Waals surface area contributed by atoms with Crippen LogP contribution in [0.15, 0.2) is 111 Å². The molecule has 0 fully saturated rings. The predicted molar refractivity (Wildman–Crippen MR) is 248 cm³/mol. The fraction of sp³-hybridized carbons (Fsp3) is 0.143. The van der Waals surface area contributed by atoms with Crippen molar-refractivity contribution in [1.82, 2.24) is 0 Å². The molecule has 5 rings (SSSR count). The highest BCUT2D eigenvalue weighted by Crippen LogP contribution is 2.34. The third-order valence-electron chi connectivity index (χ3n) is 8.64. The monoisotopic (exact) mass is 988 g/mol. The van der Waals surface area contributed by atoms with Gasteiger partial charge in [0.15, 0.2) is 11.6 Å². The number of alkyl halides is 1. The molecule has 0 saturated heterocycles. The van der Waals surface area contributed by atoms with Crippen molar-refractivity contribution in [3.8, 4) is 0 Å². The molecule has 0 spiro atoms. The summed E-state index contributed by atoms with van der Waals surface area (Å²) >= 11 is 43.5. The van der Waals surface area contributed by atoms with E-state index >= 15 is 0 Å². The lowest BCUT2D eigenvalue weighted by molar-refractivity contribution is -0.127. The van der Waals surface area contributed by atoms with Crippen LogP contribution in [0.3, 0.4) is 0 Å². The first-order valence-electron chi connectivity index (χ1n) is 18.2. The Kier molecular flexibility index (Phi) is 16.8. The quantitative estimate of drug-likeness (QED) is 0.0457. The first-order valence-corrected chi connectivity index (χ1v) is 20.9. The van der Waals surface area contributed by atoms with Gasteiger partial charge in [-0.15, -0.1) is 11.6 Å². The van der Waals surface area contributed by atoms with Crippen molar-refractivity contribution in [3.63, 3.8) is 0 Å². The summed E-state index contributed by atoms with van der Waals surface area (Å²) in [6.45, 7) is 3.88. The second-order valence-electron chi connectivity index (χ2n) is 13.3. The molecule has 5 aromatic carbocycles. The van der Waals surface area contributed by atoms with Gasteiger partial charge in [-0.2, -0.15) is 20.5 Å². The Morgan fingerprint density at radius 3 is 1.33 bits per heavy atom. The van der Waals surface area contributed by atoms with Crippen molar-refractivity contribution in [2.24, 2.45) is 20.5 Å². The van der Waals surface area contributed by atoms with Crippen molar-refractivity contribution in [2.75, 3.05) is 21.3 Å². The standard InChI is InChI=1S/C42H31Cl7N8O6/c1-19(43)27-16-22(52-41(62)37(20(2)58)56-54-33-8-4-6-25(35(33)48)39(60)50-23-10-13-28(44)30(46)17-23)12-15-32(27)53-42(63)38(21(3)59)57-55-34-9-5-7-26(36(34)49)40(61)51-24-11-14-29(45)31(47)18-24/h4-19,37-38H,1-3H3,(H,50,60)(H,51,61)(H,52,62)(H,53,63). The van der Waals surface area contributed by atoms with E-state index in [1.54, 1.807) is 19.1 Å². The largest absolute Gasteiger partial charge is 0.324 e. The van der Waals surface area contributed by atoms with Crippen LogP contribution < -0.4 is 21.3 Å². The van der Waals surface area contributed by atoms with Crippen LogP contribution in [-0.4, -0.2) is 47.3 Å². The van der Waals surface area contributed by atoms with Gasteiger partial charge in [0.25, 0.3) is 23.6 Å². The molecule has 0 heterocycles. The molecule has 21 heteroatoms. The average molecular weight is 992 g/mol. The van der Waals surface area contributed by atoms with Crippen LogP contribution >= 0.6 is 81.2 Å². The van der Waals surface area contributed by atoms with Crippen LogP contribution in [0.25, 0.3) is 0 Å². The minimum absolute atomic E-state index is 0.000368. The van der Waals surface area contributed by atoms with E-state index < -0.39 is 52.7 Å². The van der Waals surface area contributed by atoms with Gasteiger partial charge in [-0.3, -0.25) is 28.8 Å². The van der Waals surface area contributed by atoms with Gasteiger partial charge >= 0.3 is 0 Å². The van der Waals surface area contributed by atoms with E-state index in [0.717, 1.165) is 13.8 Å². The number of carbonyl (C=O) groups excluding carboxylic acids is 6. The number of amides is 4. The van der Waals surface area contributed by atoms with Crippen LogP contribution in [0, 0.1) is 0 Å². The zero-order chi connectivity index (χ0) is 46.1. The second-order valence-corrected chi connectivity index (χ2v) is 16.3. The lowest BCUT2D eigenvalue weighted by atomic mass is 10.1. The lowest BCUT2D eigenvalue weighted by Gasteiger charge is -2.17. The number of hydrogen-bond donors (Lipinski definition) is 4. The van der Waals surface area contributed by atoms with Crippen molar-refractivity contribution < 1.29 is 28.8 Å². The molecule has 5 aromatic rings. The highest BCUT2D eigenvalue weighted by atomic mass is 35.5. The highest BCUT2D eigenvalue weighted by molar-refractivity contribution is 6.43. The van der Waals surface area contributed by atoms with Gasteiger partial charge < -0.3 is 21.3 Å². The number of ketones is 2. The number of carbonyl (C=O) groups is 6. The van der Waals surface area contributed by atoms with E-state index in [0.29, 0.717) is 27.0 Å². The van der Waals surface area contributed by atoms with Crippen molar-refractivity contribution in [1.29, 1.82) is 0 Å². The lowest BCUT2D eigenvalue weighted by Crippen LogP contribution is -2.32. The molecule has 4 amide bonds. The van der Waals surface area contributed by atoms with Crippen LogP contribution in [0.1, 0.15) is 52.4 Å². The molecule has 4 N–H and O–H groups in total. The maximum Gasteiger partial charge on any atom is 0.258 e. The summed E-state index contributed by atoms with van der Waals surface area (Å²) in [5.41, 5.74) is 1.40. The molecule has 0 aliphatic carbocycles. The Hall–Kier alpha value is -5.45. The zero-order valence-corrected chi connectivity index (χ0v) is 38.1. The Bertz CT molecular complexity index is 2710. The van der Waals surface area contributed by atoms with Crippen LogP contribution in [-0.2, 0) is 19.2 Å². The second kappa shape index (κ2) is 21.8. The third kappa shape index (κ3) is 12.6. The fourth-order valence-corrected chi connectivity index (χ4v) is 6.74. The number of halogens is 7. The molecule has 3 unspecified atom stereocenters. The smallest absolute Gasteiger partial charge is 0.258 e. The summed E-state index contributed by atoms with van der Waals surface area (Å²) in [4.78, 5) is 78.1. The Morgan fingerprint density at radius 1 is 0.508 bits per heavy atom. The number of anilines is 4. The van der Waals surface area contributed by atoms with Gasteiger partial charge in [0.05, 0.1) is 46.6 Å². The average Bonchev–Trinajstić information content (AvgIpc) is 3.22. The number of rotatable bonds is 15. The number of nitrogens with zero attached hydrogens (tertiary/aromatic N) is 4. The molecule has 324 valence electrons. The summed E-state index contributed by atoms with van der Waals surface area (Å²) in [7, 11) is 0. The van der Waals surface area contributed by atoms with Gasteiger partial charge in [0, 0.05) is 22.7 Å². The number of Topliss-reactive ketones (excluding diaryl/α,β-unsaturated/α-hetero) is 2. The first-order chi connectivity index (χ1) is 29.8. The van der Waals surface area contributed by atoms with E-state index in [2.05, 4.69) is 41.7 Å². The molecule has 3 atom stereocenters. The molecular weight excluding hydrogens is 961 g/mol. The number of nitrogens with one attached hydrogen (secondary N) is 4. The molecule has 0 aliphatic heterocycles. The number of hydrogen-bond acceptors (Lipinski definition) is 10. The van der Waals surface area contributed by atoms with Gasteiger partial charge in [0.2, 0.25) is 12.1 Å². The minimum atomic E-state index is -1.65. The summed E-state index contributed by atoms with van der Waals surface area (Å²) in [5.74, 6) is -4.28. The molecule has 0 bridgehead atoms. The van der Waals surface area contributed by atoms with Crippen LogP contribution in [0.4, 0.5) is 34.1 Å². The van der Waals surface area contributed by atoms with E-state index in [4.69, 9.17) is 81.2 Å². The van der Waals surface area contributed by atoms with Gasteiger partial charge in [0.1, 0.15) is 11.4 Å². The fourth-order valence-electron chi connectivity index (χ4n) is 5.46. The molecule has 0 saturated carbocycles. The predicted octanol–water partition coefficient (Wildman–Crippen LogP) is 12.8. The Morgan fingerprint density at radius 2 is 0.921 bits per heavy atom. The molecular formula is C42H31Cl7N8O6. The van der Waals surface area contributed by atoms with Gasteiger partial charge in [-0.25, -0.2) is 0 Å². The molecule has 0 radical (unpaired) electrons. The van der Waals surface area contributed by atoms with Crippen molar-refractivity contribution in [2.45, 2.75) is 38.2 Å². The van der Waals surface area contributed by atoms with E-state index in [1.807, 2.05) is 0 Å². The minimum Gasteiger partial charge on any atom is -0.324 e. The van der Waals surface area contributed by atoms with Gasteiger partial charge in [-0.1, -0.05) is 81.7 Å². The van der Waals surface area contributed by atoms with E-state index in [9.17, 15) is 28.8 Å². The SMILES string of the molecule is CC(=O)C(N=Nc1cccc(C(=O)Nc2ccc(Cl)c(Cl)c2)c1Cl)C(=O)Nc1ccc(NC(=O)C(N=Nc2cccc(C(=O)Nc3ccc(Cl)c(Cl)c3)c2Cl)C(C)=O)c(C(C)Cl)c1. The van der Waals surface area contributed by atoms with Crippen molar-refractivity contribution >= 4 is 151 Å². The maximum absolute atomic E-state index is 13.5. The van der Waals surface area contributed by atoms with E-state index in [-0.39, 0.29) is 54.0 Å². The summed E-state index contributed by atoms with van der Waals surface area (Å²) in [5, 5.41) is 26.5. The highest BCUT2D eigenvalue weighted by Gasteiger charge is 2.27. The van der Waals surface area contributed by atoms with E-state index in [1.165, 1.54) is 78.9 Å². The summed E-state index contributed by atoms with van der Waals surface area (Å²) in [6.07, 6.45) is 0. The number of azo groups is 2.